The summed E-state index contributed by atoms with van der Waals surface area (Å²) in [5, 5.41) is 0. The van der Waals surface area contributed by atoms with Crippen molar-refractivity contribution in [2.75, 3.05) is 0 Å². The van der Waals surface area contributed by atoms with Gasteiger partial charge in [-0.2, -0.15) is 0 Å². The Morgan fingerprint density at radius 1 is 0.913 bits per heavy atom. The van der Waals surface area contributed by atoms with E-state index in [-0.39, 0.29) is 16.7 Å². The van der Waals surface area contributed by atoms with Crippen LogP contribution in [0, 0.1) is 0 Å². The number of carbonyl (C=O) groups is 1. The molecule has 2 aromatic carbocycles. The number of fused-ring (bicyclic) bond motifs is 1. The molecule has 2 nitrogen and oxygen atoms in total. The van der Waals surface area contributed by atoms with Gasteiger partial charge >= 0.3 is 0 Å². The average Bonchev–Trinajstić information content (AvgIpc) is 2.53. The third-order valence-corrected chi connectivity index (χ3v) is 5.28. The Balaban J connectivity index is 2.02. The van der Waals surface area contributed by atoms with E-state index in [9.17, 15) is 4.79 Å². The summed E-state index contributed by atoms with van der Waals surface area (Å²) in [5.74, 6) is 0.120. The van der Waals surface area contributed by atoms with Gasteiger partial charge in [0.15, 0.2) is 5.78 Å². The van der Waals surface area contributed by atoms with Gasteiger partial charge < -0.3 is 0 Å². The van der Waals surface area contributed by atoms with Gasteiger partial charge in [0.2, 0.25) is 0 Å². The minimum atomic E-state index is -0.242. The second kappa shape index (κ2) is 5.45. The van der Waals surface area contributed by atoms with Crippen molar-refractivity contribution in [3.63, 3.8) is 0 Å². The SMILES string of the molecule is CC1(C)N=C(CC(=O)c2ccccc2)c2ccccc2C1(C)C. The average molecular weight is 305 g/mol. The standard InChI is InChI=1S/C21H23NO/c1-20(2)17-13-9-8-12-16(17)18(22-21(20,3)4)14-19(23)15-10-6-5-7-11-15/h5-13H,14H2,1-4H3. The summed E-state index contributed by atoms with van der Waals surface area (Å²) < 4.78 is 0. The second-order valence-electron chi connectivity index (χ2n) is 7.25. The van der Waals surface area contributed by atoms with Crippen molar-refractivity contribution in [1.29, 1.82) is 0 Å². The van der Waals surface area contributed by atoms with E-state index in [0.29, 0.717) is 6.42 Å². The maximum absolute atomic E-state index is 12.6. The zero-order valence-corrected chi connectivity index (χ0v) is 14.3. The van der Waals surface area contributed by atoms with E-state index in [1.165, 1.54) is 5.56 Å². The van der Waals surface area contributed by atoms with Crippen molar-refractivity contribution in [2.24, 2.45) is 4.99 Å². The molecular formula is C21H23NO. The maximum Gasteiger partial charge on any atom is 0.168 e. The van der Waals surface area contributed by atoms with Crippen LogP contribution in [0.4, 0.5) is 0 Å². The number of carbonyl (C=O) groups excluding carboxylic acids is 1. The first-order chi connectivity index (χ1) is 10.8. The summed E-state index contributed by atoms with van der Waals surface area (Å²) in [4.78, 5) is 17.6. The third kappa shape index (κ3) is 2.63. The molecule has 0 saturated heterocycles. The van der Waals surface area contributed by atoms with Gasteiger partial charge in [0.05, 0.1) is 17.7 Å². The fourth-order valence-electron chi connectivity index (χ4n) is 3.16. The predicted octanol–water partition coefficient (Wildman–Crippen LogP) is 4.82. The minimum Gasteiger partial charge on any atom is -0.294 e. The van der Waals surface area contributed by atoms with Gasteiger partial charge in [-0.1, -0.05) is 68.4 Å². The van der Waals surface area contributed by atoms with E-state index >= 15 is 0 Å². The van der Waals surface area contributed by atoms with E-state index in [0.717, 1.165) is 16.8 Å². The first-order valence-electron chi connectivity index (χ1n) is 8.10. The largest absolute Gasteiger partial charge is 0.294 e. The number of hydrogen-bond acceptors (Lipinski definition) is 2. The first kappa shape index (κ1) is 15.7. The molecule has 0 spiro atoms. The van der Waals surface area contributed by atoms with Crippen LogP contribution in [-0.2, 0) is 5.41 Å². The van der Waals surface area contributed by atoms with Crippen LogP contribution in [0.2, 0.25) is 0 Å². The molecule has 0 saturated carbocycles. The number of rotatable bonds is 3. The highest BCUT2D eigenvalue weighted by Crippen LogP contribution is 2.43. The van der Waals surface area contributed by atoms with Crippen molar-refractivity contribution in [3.05, 3.63) is 71.3 Å². The molecule has 1 heterocycles. The van der Waals surface area contributed by atoms with Gasteiger partial charge in [-0.25, -0.2) is 0 Å². The van der Waals surface area contributed by atoms with E-state index in [2.05, 4.69) is 45.9 Å². The van der Waals surface area contributed by atoms with Crippen molar-refractivity contribution in [1.82, 2.24) is 0 Å². The van der Waals surface area contributed by atoms with Crippen molar-refractivity contribution >= 4 is 11.5 Å². The fourth-order valence-corrected chi connectivity index (χ4v) is 3.16. The number of hydrogen-bond donors (Lipinski definition) is 0. The Morgan fingerprint density at radius 3 is 2.22 bits per heavy atom. The lowest BCUT2D eigenvalue weighted by molar-refractivity contribution is 0.1000. The molecule has 118 valence electrons. The second-order valence-corrected chi connectivity index (χ2v) is 7.25. The molecule has 0 N–H and O–H groups in total. The number of benzene rings is 2. The van der Waals surface area contributed by atoms with Crippen LogP contribution in [0.25, 0.3) is 0 Å². The topological polar surface area (TPSA) is 29.4 Å². The van der Waals surface area contributed by atoms with Crippen molar-refractivity contribution in [3.8, 4) is 0 Å². The number of aliphatic imine (C=N–C) groups is 1. The molecule has 23 heavy (non-hydrogen) atoms. The zero-order chi connectivity index (χ0) is 16.7. The number of ketones is 1. The van der Waals surface area contributed by atoms with Gasteiger partial charge in [-0.3, -0.25) is 9.79 Å². The molecule has 0 atom stereocenters. The molecule has 0 fully saturated rings. The molecule has 1 aliphatic rings. The van der Waals surface area contributed by atoms with E-state index < -0.39 is 0 Å². The highest BCUT2D eigenvalue weighted by atomic mass is 16.1. The fraction of sp³-hybridized carbons (Fsp3) is 0.333. The molecular weight excluding hydrogens is 282 g/mol. The van der Waals surface area contributed by atoms with Gasteiger partial charge in [-0.05, 0) is 25.0 Å². The Labute approximate surface area is 138 Å². The summed E-state index contributed by atoms with van der Waals surface area (Å²) >= 11 is 0. The van der Waals surface area contributed by atoms with Crippen LogP contribution in [0.3, 0.4) is 0 Å². The maximum atomic E-state index is 12.6. The van der Waals surface area contributed by atoms with E-state index in [4.69, 9.17) is 4.99 Å². The predicted molar refractivity (Wildman–Crippen MR) is 95.5 cm³/mol. The molecule has 2 aromatic rings. The molecule has 0 amide bonds. The summed E-state index contributed by atoms with van der Waals surface area (Å²) in [6.45, 7) is 8.75. The van der Waals surface area contributed by atoms with E-state index in [1.807, 2.05) is 36.4 Å². The van der Waals surface area contributed by atoms with Gasteiger partial charge in [0.1, 0.15) is 0 Å². The summed E-state index contributed by atoms with van der Waals surface area (Å²) in [6.07, 6.45) is 0.348. The smallest absolute Gasteiger partial charge is 0.168 e. The molecule has 1 aliphatic heterocycles. The van der Waals surface area contributed by atoms with Crippen molar-refractivity contribution < 1.29 is 4.79 Å². The van der Waals surface area contributed by atoms with Crippen LogP contribution in [0.1, 0.15) is 55.6 Å². The van der Waals surface area contributed by atoms with Crippen LogP contribution in [0.15, 0.2) is 59.6 Å². The monoisotopic (exact) mass is 305 g/mol. The molecule has 0 radical (unpaired) electrons. The molecule has 0 unspecified atom stereocenters. The molecule has 0 aromatic heterocycles. The van der Waals surface area contributed by atoms with Gasteiger partial charge in [-0.15, -0.1) is 0 Å². The summed E-state index contributed by atoms with van der Waals surface area (Å²) in [5.41, 5.74) is 3.72. The lowest BCUT2D eigenvalue weighted by atomic mass is 9.66. The van der Waals surface area contributed by atoms with E-state index in [1.54, 1.807) is 0 Å². The van der Waals surface area contributed by atoms with Gasteiger partial charge in [0.25, 0.3) is 0 Å². The Bertz CT molecular complexity index is 769. The lowest BCUT2D eigenvalue weighted by Gasteiger charge is -2.44. The van der Waals surface area contributed by atoms with Crippen LogP contribution in [-0.4, -0.2) is 17.0 Å². The number of Topliss-reactive ketones (excluding diaryl/α,β-unsaturated/α-hetero) is 1. The molecule has 2 heteroatoms. The Hall–Kier alpha value is -2.22. The third-order valence-electron chi connectivity index (χ3n) is 5.28. The quantitative estimate of drug-likeness (QED) is 0.748. The summed E-state index contributed by atoms with van der Waals surface area (Å²) in [6, 6.07) is 17.8. The highest BCUT2D eigenvalue weighted by molar-refractivity contribution is 6.17. The van der Waals surface area contributed by atoms with Crippen LogP contribution >= 0.6 is 0 Å². The summed E-state index contributed by atoms with van der Waals surface area (Å²) in [7, 11) is 0. The van der Waals surface area contributed by atoms with Crippen molar-refractivity contribution in [2.45, 2.75) is 45.1 Å². The number of nitrogens with zero attached hydrogens (tertiary/aromatic N) is 1. The first-order valence-corrected chi connectivity index (χ1v) is 8.10. The highest BCUT2D eigenvalue weighted by Gasteiger charge is 2.43. The molecule has 0 aliphatic carbocycles. The molecule has 0 bridgehead atoms. The lowest BCUT2D eigenvalue weighted by Crippen LogP contribution is -2.46. The Morgan fingerprint density at radius 2 is 1.52 bits per heavy atom. The van der Waals surface area contributed by atoms with Crippen LogP contribution < -0.4 is 0 Å². The van der Waals surface area contributed by atoms with Crippen LogP contribution in [0.5, 0.6) is 0 Å². The van der Waals surface area contributed by atoms with Gasteiger partial charge in [0, 0.05) is 11.0 Å². The molecule has 3 rings (SSSR count). The normalized spacial score (nSPS) is 18.0. The minimum absolute atomic E-state index is 0.0666. The zero-order valence-electron chi connectivity index (χ0n) is 14.3. The Kier molecular flexibility index (Phi) is 3.71.